The number of hydrogen-bond donors (Lipinski definition) is 0. The van der Waals surface area contributed by atoms with Crippen LogP contribution in [0.1, 0.15) is 31.2 Å². The van der Waals surface area contributed by atoms with Gasteiger partial charge in [-0.3, -0.25) is 4.79 Å². The molecule has 0 N–H and O–H groups in total. The van der Waals surface area contributed by atoms with Crippen LogP contribution < -0.4 is 0 Å². The Morgan fingerprint density at radius 2 is 1.88 bits per heavy atom. The molecule has 1 aromatic carbocycles. The Hall–Kier alpha value is -1.64. The number of aliphatic imine (C=N–C) groups is 1. The summed E-state index contributed by atoms with van der Waals surface area (Å²) < 4.78 is 5.35. The number of esters is 1. The Morgan fingerprint density at radius 3 is 2.71 bits per heavy atom. The molecule has 0 radical (unpaired) electrons. The van der Waals surface area contributed by atoms with E-state index in [1.54, 1.807) is 0 Å². The van der Waals surface area contributed by atoms with Gasteiger partial charge in [0.1, 0.15) is 0 Å². The molecule has 3 heteroatoms. The van der Waals surface area contributed by atoms with Crippen molar-refractivity contribution in [3.8, 4) is 0 Å². The first kappa shape index (κ1) is 10.5. The van der Waals surface area contributed by atoms with E-state index in [2.05, 4.69) is 4.99 Å². The second-order valence-corrected chi connectivity index (χ2v) is 4.68. The van der Waals surface area contributed by atoms with Crippen molar-refractivity contribution >= 4 is 11.9 Å². The summed E-state index contributed by atoms with van der Waals surface area (Å²) in [5.41, 5.74) is 0.893. The van der Waals surface area contributed by atoms with Crippen molar-refractivity contribution in [1.82, 2.24) is 0 Å². The molecule has 2 atom stereocenters. The first-order chi connectivity index (χ1) is 8.34. The summed E-state index contributed by atoms with van der Waals surface area (Å²) in [6, 6.07) is 9.79. The fourth-order valence-electron chi connectivity index (χ4n) is 2.60. The van der Waals surface area contributed by atoms with Crippen molar-refractivity contribution in [3.05, 3.63) is 35.9 Å². The fraction of sp³-hybridized carbons (Fsp3) is 0.429. The molecule has 0 bridgehead atoms. The van der Waals surface area contributed by atoms with Gasteiger partial charge >= 0.3 is 5.97 Å². The SMILES string of the molecule is O=C1OC(c2ccccc2)=N[C@H]2CCCC[C@@H]12. The molecule has 1 saturated carbocycles. The van der Waals surface area contributed by atoms with Crippen LogP contribution in [0.5, 0.6) is 0 Å². The summed E-state index contributed by atoms with van der Waals surface area (Å²) in [6.07, 6.45) is 4.22. The van der Waals surface area contributed by atoms with Crippen LogP contribution in [-0.4, -0.2) is 17.9 Å². The third-order valence-corrected chi connectivity index (χ3v) is 3.53. The van der Waals surface area contributed by atoms with Crippen LogP contribution in [0.3, 0.4) is 0 Å². The molecule has 0 saturated heterocycles. The van der Waals surface area contributed by atoms with E-state index >= 15 is 0 Å². The largest absolute Gasteiger partial charge is 0.407 e. The van der Waals surface area contributed by atoms with Crippen molar-refractivity contribution in [2.45, 2.75) is 31.7 Å². The van der Waals surface area contributed by atoms with Crippen molar-refractivity contribution < 1.29 is 9.53 Å². The number of benzene rings is 1. The lowest BCUT2D eigenvalue weighted by Gasteiger charge is -2.31. The summed E-state index contributed by atoms with van der Waals surface area (Å²) in [6.45, 7) is 0. The minimum Gasteiger partial charge on any atom is -0.407 e. The first-order valence-electron chi connectivity index (χ1n) is 6.19. The summed E-state index contributed by atoms with van der Waals surface area (Å²) in [5, 5.41) is 0. The highest BCUT2D eigenvalue weighted by Gasteiger charge is 2.36. The topological polar surface area (TPSA) is 38.7 Å². The smallest absolute Gasteiger partial charge is 0.317 e. The average molecular weight is 229 g/mol. The van der Waals surface area contributed by atoms with Gasteiger partial charge in [-0.15, -0.1) is 0 Å². The molecule has 1 aliphatic heterocycles. The number of fused-ring (bicyclic) bond motifs is 1. The van der Waals surface area contributed by atoms with Gasteiger partial charge in [0, 0.05) is 5.56 Å². The zero-order valence-electron chi connectivity index (χ0n) is 9.63. The molecule has 0 aromatic heterocycles. The van der Waals surface area contributed by atoms with Crippen LogP contribution in [0.4, 0.5) is 0 Å². The van der Waals surface area contributed by atoms with Crippen molar-refractivity contribution in [3.63, 3.8) is 0 Å². The van der Waals surface area contributed by atoms with E-state index in [9.17, 15) is 4.79 Å². The second-order valence-electron chi connectivity index (χ2n) is 4.68. The lowest BCUT2D eigenvalue weighted by molar-refractivity contribution is -0.143. The van der Waals surface area contributed by atoms with E-state index in [0.717, 1.165) is 24.8 Å². The molecule has 2 aliphatic rings. The lowest BCUT2D eigenvalue weighted by Crippen LogP contribution is -2.38. The molecule has 1 aromatic rings. The minimum atomic E-state index is -0.0939. The number of ether oxygens (including phenoxy) is 1. The van der Waals surface area contributed by atoms with Crippen LogP contribution in [-0.2, 0) is 9.53 Å². The quantitative estimate of drug-likeness (QED) is 0.694. The molecule has 1 heterocycles. The van der Waals surface area contributed by atoms with Gasteiger partial charge in [-0.25, -0.2) is 4.99 Å². The summed E-state index contributed by atoms with van der Waals surface area (Å²) >= 11 is 0. The maximum absolute atomic E-state index is 11.9. The van der Waals surface area contributed by atoms with E-state index in [1.165, 1.54) is 6.42 Å². The van der Waals surface area contributed by atoms with Gasteiger partial charge in [0.05, 0.1) is 12.0 Å². The minimum absolute atomic E-state index is 0.00351. The van der Waals surface area contributed by atoms with Crippen LogP contribution in [0, 0.1) is 5.92 Å². The molecule has 17 heavy (non-hydrogen) atoms. The number of cyclic esters (lactones) is 1. The molecule has 3 rings (SSSR count). The molecule has 88 valence electrons. The van der Waals surface area contributed by atoms with Gasteiger partial charge in [0.25, 0.3) is 0 Å². The highest BCUT2D eigenvalue weighted by Crippen LogP contribution is 2.31. The molecule has 1 fully saturated rings. The van der Waals surface area contributed by atoms with Crippen LogP contribution in [0.15, 0.2) is 35.3 Å². The number of carbonyl (C=O) groups excluding carboxylic acids is 1. The molecule has 0 unspecified atom stereocenters. The van der Waals surface area contributed by atoms with Gasteiger partial charge in [0.2, 0.25) is 5.90 Å². The van der Waals surface area contributed by atoms with Crippen LogP contribution >= 0.6 is 0 Å². The van der Waals surface area contributed by atoms with Crippen molar-refractivity contribution in [2.24, 2.45) is 10.9 Å². The third kappa shape index (κ3) is 1.97. The van der Waals surface area contributed by atoms with Gasteiger partial charge in [-0.1, -0.05) is 31.0 Å². The monoisotopic (exact) mass is 229 g/mol. The molecule has 1 aliphatic carbocycles. The number of hydrogen-bond acceptors (Lipinski definition) is 3. The highest BCUT2D eigenvalue weighted by atomic mass is 16.5. The van der Waals surface area contributed by atoms with E-state index < -0.39 is 0 Å². The molecular weight excluding hydrogens is 214 g/mol. The van der Waals surface area contributed by atoms with Gasteiger partial charge in [-0.2, -0.15) is 0 Å². The van der Waals surface area contributed by atoms with Crippen LogP contribution in [0.2, 0.25) is 0 Å². The zero-order chi connectivity index (χ0) is 11.7. The summed E-state index contributed by atoms with van der Waals surface area (Å²) in [7, 11) is 0. The predicted octanol–water partition coefficient (Wildman–Crippen LogP) is 2.55. The van der Waals surface area contributed by atoms with Gasteiger partial charge < -0.3 is 4.74 Å². The van der Waals surface area contributed by atoms with E-state index in [0.29, 0.717) is 5.90 Å². The Kier molecular flexibility index (Phi) is 2.67. The normalized spacial score (nSPS) is 28.0. The number of rotatable bonds is 1. The zero-order valence-corrected chi connectivity index (χ0v) is 9.63. The van der Waals surface area contributed by atoms with Crippen LogP contribution in [0.25, 0.3) is 0 Å². The summed E-state index contributed by atoms with van der Waals surface area (Å²) in [4.78, 5) is 16.5. The Morgan fingerprint density at radius 1 is 1.12 bits per heavy atom. The maximum atomic E-state index is 11.9. The third-order valence-electron chi connectivity index (χ3n) is 3.53. The number of carbonyl (C=O) groups is 1. The van der Waals surface area contributed by atoms with Gasteiger partial charge in [0.15, 0.2) is 0 Å². The standard InChI is InChI=1S/C14H15NO2/c16-14-11-8-4-5-9-12(11)15-13(17-14)10-6-2-1-3-7-10/h1-3,6-7,11-12H,4-5,8-9H2/t11-,12+/m1/s1. The van der Waals surface area contributed by atoms with E-state index in [-0.39, 0.29) is 17.9 Å². The van der Waals surface area contributed by atoms with E-state index in [1.807, 2.05) is 30.3 Å². The Balaban J connectivity index is 1.92. The number of nitrogens with zero attached hydrogens (tertiary/aromatic N) is 1. The maximum Gasteiger partial charge on any atom is 0.317 e. The first-order valence-corrected chi connectivity index (χ1v) is 6.19. The second kappa shape index (κ2) is 4.32. The van der Waals surface area contributed by atoms with Crippen molar-refractivity contribution in [1.29, 1.82) is 0 Å². The van der Waals surface area contributed by atoms with E-state index in [4.69, 9.17) is 4.74 Å². The van der Waals surface area contributed by atoms with Gasteiger partial charge in [-0.05, 0) is 25.0 Å². The summed E-state index contributed by atoms with van der Waals surface area (Å²) in [5.74, 6) is 0.401. The Labute approximate surface area is 101 Å². The molecular formula is C14H15NO2. The molecule has 0 amide bonds. The molecule has 0 spiro atoms. The predicted molar refractivity (Wildman–Crippen MR) is 64.8 cm³/mol. The lowest BCUT2D eigenvalue weighted by atomic mass is 9.84. The molecule has 3 nitrogen and oxygen atoms in total. The Bertz CT molecular complexity index is 453. The average Bonchev–Trinajstić information content (AvgIpc) is 2.40. The fourth-order valence-corrected chi connectivity index (χ4v) is 2.60. The highest BCUT2D eigenvalue weighted by molar-refractivity contribution is 6.02. The van der Waals surface area contributed by atoms with Crippen molar-refractivity contribution in [2.75, 3.05) is 0 Å².